The zero-order valence-corrected chi connectivity index (χ0v) is 37.0. The summed E-state index contributed by atoms with van der Waals surface area (Å²) in [4.78, 5) is 68.9. The number of hydrogen-bond donors (Lipinski definition) is 3. The van der Waals surface area contributed by atoms with Crippen LogP contribution in [0.2, 0.25) is 0 Å². The average molecular weight is 895 g/mol. The van der Waals surface area contributed by atoms with Crippen LogP contribution in [-0.2, 0) is 42.0 Å². The molecule has 5 aliphatic rings. The highest BCUT2D eigenvalue weighted by atomic mass is 32.2. The van der Waals surface area contributed by atoms with Gasteiger partial charge in [0.15, 0.2) is 0 Å². The van der Waals surface area contributed by atoms with Crippen LogP contribution in [0.15, 0.2) is 48.5 Å². The number of halogens is 2. The first kappa shape index (κ1) is 44.5. The molecule has 0 radical (unpaired) electrons. The number of nitrogens with one attached hydrogen (secondary N) is 3. The summed E-state index contributed by atoms with van der Waals surface area (Å²) in [5, 5.41) is 5.34. The number of aryl methyl sites for hydroxylation is 1. The van der Waals surface area contributed by atoms with Gasteiger partial charge in [0, 0.05) is 12.0 Å². The van der Waals surface area contributed by atoms with Crippen LogP contribution >= 0.6 is 0 Å². The number of alkyl carbamates (subject to hydrolysis) is 1. The largest absolute Gasteiger partial charge is 0.497 e. The Labute approximate surface area is 365 Å². The van der Waals surface area contributed by atoms with Gasteiger partial charge in [-0.1, -0.05) is 63.9 Å². The first-order valence-corrected chi connectivity index (χ1v) is 23.3. The monoisotopic (exact) mass is 894 g/mol. The van der Waals surface area contributed by atoms with Crippen molar-refractivity contribution in [3.63, 3.8) is 0 Å². The first-order valence-electron chi connectivity index (χ1n) is 21.8. The van der Waals surface area contributed by atoms with Crippen molar-refractivity contribution in [2.24, 2.45) is 23.2 Å². The molecule has 3 aromatic rings. The molecule has 0 spiro atoms. The molecule has 1 unspecified atom stereocenters. The highest BCUT2D eigenvalue weighted by Gasteiger charge is 2.68. The van der Waals surface area contributed by atoms with Crippen molar-refractivity contribution in [2.75, 3.05) is 13.7 Å². The van der Waals surface area contributed by atoms with Crippen LogP contribution in [0.4, 0.5) is 13.6 Å². The van der Waals surface area contributed by atoms with Crippen molar-refractivity contribution in [3.05, 3.63) is 59.8 Å². The molecule has 340 valence electrons. The minimum Gasteiger partial charge on any atom is -0.497 e. The third-order valence-corrected chi connectivity index (χ3v) is 15.7. The van der Waals surface area contributed by atoms with Gasteiger partial charge in [-0.3, -0.25) is 19.1 Å². The van der Waals surface area contributed by atoms with Gasteiger partial charge in [-0.15, -0.1) is 0 Å². The van der Waals surface area contributed by atoms with E-state index < -0.39 is 92.4 Å². The number of fused-ring (bicyclic) bond motifs is 5. The van der Waals surface area contributed by atoms with E-state index in [-0.39, 0.29) is 43.7 Å². The van der Waals surface area contributed by atoms with E-state index in [4.69, 9.17) is 24.2 Å². The van der Waals surface area contributed by atoms with Crippen molar-refractivity contribution in [3.8, 4) is 11.6 Å². The topological polar surface area (TPSA) is 195 Å². The molecule has 15 nitrogen and oxygen atoms in total. The molecule has 2 aliphatic heterocycles. The number of sulfonamides is 1. The summed E-state index contributed by atoms with van der Waals surface area (Å²) in [5.41, 5.74) is -0.788. The summed E-state index contributed by atoms with van der Waals surface area (Å²) in [7, 11) is -2.74. The Morgan fingerprint density at radius 3 is 2.43 bits per heavy atom. The number of amides is 4. The van der Waals surface area contributed by atoms with Gasteiger partial charge < -0.3 is 29.7 Å². The van der Waals surface area contributed by atoms with Gasteiger partial charge >= 0.3 is 6.09 Å². The highest BCUT2D eigenvalue weighted by Crippen LogP contribution is 2.50. The lowest BCUT2D eigenvalue weighted by atomic mass is 9.85. The second kappa shape index (κ2) is 16.8. The number of nitrogens with zero attached hydrogens (tertiary/aromatic N) is 3. The number of methoxy groups -OCH3 is 1. The summed E-state index contributed by atoms with van der Waals surface area (Å²) >= 11 is 0. The number of aromatic nitrogens is 2. The lowest BCUT2D eigenvalue weighted by molar-refractivity contribution is -0.144. The van der Waals surface area contributed by atoms with Crippen LogP contribution in [-0.4, -0.2) is 102 Å². The van der Waals surface area contributed by atoms with E-state index in [0.717, 1.165) is 31.2 Å². The van der Waals surface area contributed by atoms with Crippen LogP contribution in [0.5, 0.6) is 11.6 Å². The molecule has 1 aromatic heterocycles. The number of alkyl halides is 2. The molecule has 1 saturated heterocycles. The molecule has 4 amide bonds. The zero-order valence-electron chi connectivity index (χ0n) is 36.2. The van der Waals surface area contributed by atoms with Gasteiger partial charge in [0.1, 0.15) is 41.3 Å². The molecule has 4 fully saturated rings. The molecule has 3 aliphatic carbocycles. The van der Waals surface area contributed by atoms with Gasteiger partial charge in [0.05, 0.1) is 35.4 Å². The van der Waals surface area contributed by atoms with Gasteiger partial charge in [-0.25, -0.2) is 32.0 Å². The van der Waals surface area contributed by atoms with Crippen LogP contribution < -0.4 is 24.8 Å². The molecule has 3 N–H and O–H groups in total. The van der Waals surface area contributed by atoms with Gasteiger partial charge in [-0.05, 0) is 87.3 Å². The van der Waals surface area contributed by atoms with E-state index in [2.05, 4.69) is 10.6 Å². The average Bonchev–Trinajstić information content (AvgIpc) is 4.18. The predicted octanol–water partition coefficient (Wildman–Crippen LogP) is 5.24. The van der Waals surface area contributed by atoms with Crippen molar-refractivity contribution in [1.82, 2.24) is 30.2 Å². The van der Waals surface area contributed by atoms with E-state index >= 15 is 9.59 Å². The predicted molar refractivity (Wildman–Crippen MR) is 226 cm³/mol. The molecule has 3 saturated carbocycles. The number of carbonyl (C=O) groups is 4. The minimum atomic E-state index is -4.28. The number of carbonyl (C=O) groups excluding carboxylic acids is 4. The van der Waals surface area contributed by atoms with Gasteiger partial charge in [0.2, 0.25) is 34.1 Å². The zero-order chi connectivity index (χ0) is 45.1. The van der Waals surface area contributed by atoms with Crippen molar-refractivity contribution < 1.29 is 50.6 Å². The quantitative estimate of drug-likeness (QED) is 0.254. The summed E-state index contributed by atoms with van der Waals surface area (Å²) in [6.07, 6.45) is -0.397. The van der Waals surface area contributed by atoms with E-state index in [1.807, 2.05) is 41.1 Å². The minimum absolute atomic E-state index is 0.139. The van der Waals surface area contributed by atoms with Crippen molar-refractivity contribution in [1.29, 1.82) is 0 Å². The lowest BCUT2D eigenvalue weighted by Crippen LogP contribution is -2.61. The third kappa shape index (κ3) is 9.14. The Hall–Kier alpha value is -5.13. The molecular weight excluding hydrogens is 839 g/mol. The summed E-state index contributed by atoms with van der Waals surface area (Å²) in [6, 6.07) is 11.8. The summed E-state index contributed by atoms with van der Waals surface area (Å²) in [5.74, 6) is -4.57. The molecule has 8 atom stereocenters. The number of ether oxygens (including phenoxy) is 3. The van der Waals surface area contributed by atoms with Crippen LogP contribution in [0, 0.1) is 23.2 Å². The van der Waals surface area contributed by atoms with Crippen molar-refractivity contribution in [2.45, 2.75) is 133 Å². The van der Waals surface area contributed by atoms with E-state index in [0.29, 0.717) is 35.3 Å². The molecule has 2 bridgehead atoms. The lowest BCUT2D eigenvalue weighted by Gasteiger charge is -2.36. The maximum absolute atomic E-state index is 15.2. The van der Waals surface area contributed by atoms with E-state index in [1.165, 1.54) is 18.9 Å². The summed E-state index contributed by atoms with van der Waals surface area (Å²) < 4.78 is 74.5. The fraction of sp³-hybridized carbons (Fsp3) is 0.600. The number of benzene rings is 2. The summed E-state index contributed by atoms with van der Waals surface area (Å²) in [6.45, 7) is 6.50. The van der Waals surface area contributed by atoms with Gasteiger partial charge in [0.25, 0.3) is 5.91 Å². The molecule has 63 heavy (non-hydrogen) atoms. The standard InChI is InChI=1S/C45H56F2N6O9S/c1-43(2,3)36-40(55)53-24-34(61-39-31(48-30-17-16-27(60-5)22-32(30)49-39)15-11-7-10-14-26-21-33(26)62-42(57)50-36)28(20-25-12-8-6-9-13-25)35(53)38(54)51-45(23-29(45)37(46)47)41(56)52-63(58,59)44(4)18-19-44/h6,8-9,12-13,16-17,22,26,28-29,33-37H,7,10-11,14-15,18-21,23-24H2,1-5H3,(H,50,57)(H,51,54)(H,52,56)/t26-,28?,29+,33-,34+,35+,36-,45-/m1/s1. The van der Waals surface area contributed by atoms with E-state index in [1.54, 1.807) is 32.9 Å². The molecule has 8 rings (SSSR count). The molecule has 3 heterocycles. The smallest absolute Gasteiger partial charge is 0.408 e. The fourth-order valence-corrected chi connectivity index (χ4v) is 10.4. The second-order valence-electron chi connectivity index (χ2n) is 19.2. The number of hydrogen-bond acceptors (Lipinski definition) is 11. The Balaban J connectivity index is 1.23. The highest BCUT2D eigenvalue weighted by molar-refractivity contribution is 7.91. The Morgan fingerprint density at radius 1 is 1.02 bits per heavy atom. The molecular formula is C45H56F2N6O9S. The van der Waals surface area contributed by atoms with Crippen molar-refractivity contribution >= 4 is 44.9 Å². The van der Waals surface area contributed by atoms with Gasteiger partial charge in [-0.2, -0.15) is 0 Å². The van der Waals surface area contributed by atoms with E-state index in [9.17, 15) is 26.8 Å². The Bertz CT molecular complexity index is 2380. The maximum Gasteiger partial charge on any atom is 0.408 e. The molecule has 18 heteroatoms. The maximum atomic E-state index is 15.2. The Kier molecular flexibility index (Phi) is 11.8. The molecule has 2 aromatic carbocycles. The van der Waals surface area contributed by atoms with Crippen LogP contribution in [0.1, 0.15) is 90.3 Å². The normalized spacial score (nSPS) is 29.5. The fourth-order valence-electron chi connectivity index (χ4n) is 9.05. The third-order valence-electron chi connectivity index (χ3n) is 13.5. The second-order valence-corrected chi connectivity index (χ2v) is 21.4. The van der Waals surface area contributed by atoms with Crippen LogP contribution in [0.3, 0.4) is 0 Å². The van der Waals surface area contributed by atoms with Crippen LogP contribution in [0.25, 0.3) is 11.0 Å². The first-order chi connectivity index (χ1) is 29.8. The number of rotatable bonds is 9. The Morgan fingerprint density at radius 2 is 1.76 bits per heavy atom. The SMILES string of the molecule is COc1ccc2nc3c(nc2c1)O[C@H]1CN(C(=O)[C@H](C(C)(C)C)NC(=O)O[C@@H]2C[C@H]2CCCCC3)[C@H](C(=O)N[C@]2(C(=O)NS(=O)(=O)C3(C)CC3)C[C@H]2C(F)F)C1Cc1ccccc1.